The van der Waals surface area contributed by atoms with Crippen molar-refractivity contribution in [2.24, 2.45) is 0 Å². The molecule has 1 heterocycles. The number of nitrogens with zero attached hydrogens (tertiary/aromatic N) is 1. The first kappa shape index (κ1) is 15.4. The first-order chi connectivity index (χ1) is 10.6. The molecular weight excluding hydrogens is 314 g/mol. The van der Waals surface area contributed by atoms with Gasteiger partial charge < -0.3 is 0 Å². The first-order valence-electron chi connectivity index (χ1n) is 7.35. The van der Waals surface area contributed by atoms with Crippen LogP contribution in [0.15, 0.2) is 48.5 Å². The number of carbonyl (C=O) groups excluding carboxylic acids is 1. The van der Waals surface area contributed by atoms with Gasteiger partial charge in [-0.2, -0.15) is 0 Å². The number of rotatable bonds is 3. The molecule has 0 N–H and O–H groups in total. The van der Waals surface area contributed by atoms with Gasteiger partial charge in [0.25, 0.3) is 0 Å². The van der Waals surface area contributed by atoms with Gasteiger partial charge in [0.1, 0.15) is 5.37 Å². The molecule has 1 amide bonds. The molecule has 0 bridgehead atoms. The number of anilines is 1. The summed E-state index contributed by atoms with van der Waals surface area (Å²) in [5, 5.41) is 0.698. The molecule has 3 rings (SSSR count). The maximum Gasteiger partial charge on any atom is 0.238 e. The van der Waals surface area contributed by atoms with E-state index in [0.717, 1.165) is 11.3 Å². The van der Waals surface area contributed by atoms with Crippen LogP contribution < -0.4 is 4.90 Å². The molecule has 1 aliphatic rings. The van der Waals surface area contributed by atoms with E-state index in [4.69, 9.17) is 11.6 Å². The zero-order chi connectivity index (χ0) is 15.7. The van der Waals surface area contributed by atoms with Gasteiger partial charge in [-0.25, -0.2) is 0 Å². The summed E-state index contributed by atoms with van der Waals surface area (Å²) in [6.45, 7) is 4.33. The van der Waals surface area contributed by atoms with Crippen LogP contribution in [0.3, 0.4) is 0 Å². The number of thioether (sulfide) groups is 1. The molecule has 2 aromatic rings. The minimum absolute atomic E-state index is 0.00361. The fourth-order valence-electron chi connectivity index (χ4n) is 2.63. The molecule has 0 radical (unpaired) electrons. The summed E-state index contributed by atoms with van der Waals surface area (Å²) >= 11 is 7.74. The molecule has 0 spiro atoms. The topological polar surface area (TPSA) is 20.3 Å². The second kappa shape index (κ2) is 6.35. The number of halogens is 1. The number of carbonyl (C=O) groups is 1. The lowest BCUT2D eigenvalue weighted by Gasteiger charge is -2.25. The van der Waals surface area contributed by atoms with Gasteiger partial charge in [-0.15, -0.1) is 11.8 Å². The maximum atomic E-state index is 12.3. The minimum atomic E-state index is -0.00361. The van der Waals surface area contributed by atoms with Crippen LogP contribution in [0.2, 0.25) is 5.02 Å². The average molecular weight is 332 g/mol. The van der Waals surface area contributed by atoms with Crippen LogP contribution in [0.25, 0.3) is 0 Å². The third-order valence-corrected chi connectivity index (χ3v) is 5.29. The molecule has 2 aromatic carbocycles. The fraction of sp³-hybridized carbons (Fsp3) is 0.278. The fourth-order valence-corrected chi connectivity index (χ4v) is 4.00. The van der Waals surface area contributed by atoms with Crippen molar-refractivity contribution in [2.45, 2.75) is 25.1 Å². The number of hydrogen-bond acceptors (Lipinski definition) is 2. The van der Waals surface area contributed by atoms with Gasteiger partial charge in [-0.1, -0.05) is 49.7 Å². The third kappa shape index (κ3) is 3.01. The second-order valence-electron chi connectivity index (χ2n) is 5.73. The molecule has 2 nitrogen and oxygen atoms in total. The van der Waals surface area contributed by atoms with Crippen molar-refractivity contribution in [1.82, 2.24) is 0 Å². The lowest BCUT2D eigenvalue weighted by Crippen LogP contribution is -2.27. The maximum absolute atomic E-state index is 12.3. The molecule has 1 fully saturated rings. The summed E-state index contributed by atoms with van der Waals surface area (Å²) < 4.78 is 0. The van der Waals surface area contributed by atoms with Crippen LogP contribution in [-0.2, 0) is 4.79 Å². The largest absolute Gasteiger partial charge is 0.295 e. The Morgan fingerprint density at radius 2 is 1.91 bits per heavy atom. The summed E-state index contributed by atoms with van der Waals surface area (Å²) in [6, 6.07) is 16.0. The van der Waals surface area contributed by atoms with Crippen molar-refractivity contribution in [1.29, 1.82) is 0 Å². The van der Waals surface area contributed by atoms with Crippen molar-refractivity contribution in [2.75, 3.05) is 10.7 Å². The van der Waals surface area contributed by atoms with E-state index in [1.54, 1.807) is 11.8 Å². The first-order valence-corrected chi connectivity index (χ1v) is 8.78. The monoisotopic (exact) mass is 331 g/mol. The summed E-state index contributed by atoms with van der Waals surface area (Å²) in [4.78, 5) is 14.2. The molecule has 1 atom stereocenters. The van der Waals surface area contributed by atoms with Crippen molar-refractivity contribution in [3.8, 4) is 0 Å². The van der Waals surface area contributed by atoms with E-state index in [-0.39, 0.29) is 11.3 Å². The van der Waals surface area contributed by atoms with Crippen LogP contribution in [0, 0.1) is 0 Å². The predicted octanol–water partition coefficient (Wildman–Crippen LogP) is 5.24. The third-order valence-electron chi connectivity index (χ3n) is 3.84. The molecular formula is C18H18ClNOS. The van der Waals surface area contributed by atoms with Gasteiger partial charge in [-0.3, -0.25) is 9.69 Å². The highest BCUT2D eigenvalue weighted by Crippen LogP contribution is 2.42. The summed E-state index contributed by atoms with van der Waals surface area (Å²) in [5.41, 5.74) is 3.29. The van der Waals surface area contributed by atoms with Gasteiger partial charge >= 0.3 is 0 Å². The molecule has 0 aromatic heterocycles. The number of hydrogen-bond donors (Lipinski definition) is 0. The Kier molecular flexibility index (Phi) is 4.46. The zero-order valence-electron chi connectivity index (χ0n) is 12.6. The van der Waals surface area contributed by atoms with Crippen LogP contribution >= 0.6 is 23.4 Å². The van der Waals surface area contributed by atoms with Gasteiger partial charge in [-0.05, 0) is 41.3 Å². The minimum Gasteiger partial charge on any atom is -0.295 e. The molecule has 114 valence electrons. The van der Waals surface area contributed by atoms with E-state index in [1.807, 2.05) is 41.3 Å². The molecule has 0 saturated carbocycles. The lowest BCUT2D eigenvalue weighted by molar-refractivity contribution is -0.115. The van der Waals surface area contributed by atoms with Gasteiger partial charge in [0.05, 0.1) is 5.75 Å². The Balaban J connectivity index is 1.94. The predicted molar refractivity (Wildman–Crippen MR) is 94.7 cm³/mol. The van der Waals surface area contributed by atoms with E-state index in [1.165, 1.54) is 5.56 Å². The average Bonchev–Trinajstić information content (AvgIpc) is 2.89. The number of benzene rings is 2. The van der Waals surface area contributed by atoms with Crippen LogP contribution in [0.1, 0.15) is 36.3 Å². The lowest BCUT2D eigenvalue weighted by atomic mass is 10.0. The smallest absolute Gasteiger partial charge is 0.238 e. The van der Waals surface area contributed by atoms with Crippen LogP contribution in [0.4, 0.5) is 5.69 Å². The Morgan fingerprint density at radius 3 is 2.55 bits per heavy atom. The number of amides is 1. The Labute approximate surface area is 140 Å². The van der Waals surface area contributed by atoms with E-state index in [2.05, 4.69) is 26.0 Å². The second-order valence-corrected chi connectivity index (χ2v) is 7.23. The molecule has 4 heteroatoms. The SMILES string of the molecule is CC(C)c1ccc(N2C(=O)CSC2c2cccc(Cl)c2)cc1. The quantitative estimate of drug-likeness (QED) is 0.766. The summed E-state index contributed by atoms with van der Waals surface area (Å²) in [5.74, 6) is 1.14. The standard InChI is InChI=1S/C18H18ClNOS/c1-12(2)13-6-8-16(9-7-13)20-17(21)11-22-18(20)14-4-3-5-15(19)10-14/h3-10,12,18H,11H2,1-2H3. The van der Waals surface area contributed by atoms with Gasteiger partial charge in [0.15, 0.2) is 0 Å². The van der Waals surface area contributed by atoms with Crippen molar-refractivity contribution in [3.05, 3.63) is 64.7 Å². The summed E-state index contributed by atoms with van der Waals surface area (Å²) in [6.07, 6.45) is 0. The Morgan fingerprint density at radius 1 is 1.18 bits per heavy atom. The summed E-state index contributed by atoms with van der Waals surface area (Å²) in [7, 11) is 0. The van der Waals surface area contributed by atoms with E-state index in [9.17, 15) is 4.79 Å². The van der Waals surface area contributed by atoms with Crippen molar-refractivity contribution >= 4 is 35.0 Å². The zero-order valence-corrected chi connectivity index (χ0v) is 14.2. The normalized spacial score (nSPS) is 18.3. The highest BCUT2D eigenvalue weighted by molar-refractivity contribution is 8.00. The van der Waals surface area contributed by atoms with E-state index in [0.29, 0.717) is 16.7 Å². The molecule has 1 aliphatic heterocycles. The van der Waals surface area contributed by atoms with E-state index >= 15 is 0 Å². The molecule has 1 unspecified atom stereocenters. The highest BCUT2D eigenvalue weighted by Gasteiger charge is 2.34. The van der Waals surface area contributed by atoms with Crippen LogP contribution in [0.5, 0.6) is 0 Å². The van der Waals surface area contributed by atoms with Crippen LogP contribution in [-0.4, -0.2) is 11.7 Å². The highest BCUT2D eigenvalue weighted by atomic mass is 35.5. The van der Waals surface area contributed by atoms with Crippen molar-refractivity contribution < 1.29 is 4.79 Å². The van der Waals surface area contributed by atoms with Crippen molar-refractivity contribution in [3.63, 3.8) is 0 Å². The van der Waals surface area contributed by atoms with Gasteiger partial charge in [0.2, 0.25) is 5.91 Å². The molecule has 0 aliphatic carbocycles. The van der Waals surface area contributed by atoms with Gasteiger partial charge in [0, 0.05) is 10.7 Å². The Hall–Kier alpha value is -1.45. The van der Waals surface area contributed by atoms with E-state index < -0.39 is 0 Å². The molecule has 1 saturated heterocycles. The Bertz CT molecular complexity index is 684. The molecule has 22 heavy (non-hydrogen) atoms.